The minimum Gasteiger partial charge on any atom is -0.469 e. The molecular formula is C17H14FN5O3. The van der Waals surface area contributed by atoms with Crippen molar-refractivity contribution >= 4 is 22.9 Å². The second kappa shape index (κ2) is 6.19. The van der Waals surface area contributed by atoms with Gasteiger partial charge < -0.3 is 15.2 Å². The van der Waals surface area contributed by atoms with Crippen LogP contribution in [0.15, 0.2) is 55.3 Å². The van der Waals surface area contributed by atoms with Crippen LogP contribution in [0, 0.1) is 0 Å². The topological polar surface area (TPSA) is 102 Å². The van der Waals surface area contributed by atoms with E-state index >= 15 is 0 Å². The van der Waals surface area contributed by atoms with Crippen molar-refractivity contribution in [3.8, 4) is 0 Å². The van der Waals surface area contributed by atoms with E-state index in [4.69, 9.17) is 4.74 Å². The molecule has 2 N–H and O–H groups in total. The number of nitrogens with zero attached hydrogens (tertiary/aromatic N) is 4. The number of aliphatic hydroxyl groups excluding tert-OH is 1. The standard InChI is InChI=1S/C17H14FN5O3/c1-9-11(18)13(24)17(26-9)23-8-21-12-14(19-7-20-15(12)23)22-16(25)10-5-3-2-4-6-10/h2-8,11,13,17,24H,1H2,(H,19,20,22,25)/t11-,13-,17-/m1/s1. The third-order valence-corrected chi connectivity index (χ3v) is 4.07. The fraction of sp³-hybridized carbons (Fsp3) is 0.176. The molecular weight excluding hydrogens is 341 g/mol. The predicted octanol–water partition coefficient (Wildman–Crippen LogP) is 1.82. The number of ether oxygens (including phenoxy) is 1. The Kier molecular flexibility index (Phi) is 3.85. The number of aliphatic hydroxyl groups is 1. The van der Waals surface area contributed by atoms with E-state index in [0.29, 0.717) is 11.1 Å². The Labute approximate surface area is 147 Å². The number of nitrogens with one attached hydrogen (secondary N) is 1. The van der Waals surface area contributed by atoms with E-state index in [0.717, 1.165) is 0 Å². The van der Waals surface area contributed by atoms with Crippen molar-refractivity contribution in [2.75, 3.05) is 5.32 Å². The number of carbonyl (C=O) groups excluding carboxylic acids is 1. The molecule has 1 saturated heterocycles. The fourth-order valence-electron chi connectivity index (χ4n) is 2.75. The molecule has 9 heteroatoms. The summed E-state index contributed by atoms with van der Waals surface area (Å²) in [6.45, 7) is 3.44. The molecule has 4 rings (SSSR count). The van der Waals surface area contributed by atoms with Gasteiger partial charge in [-0.1, -0.05) is 24.8 Å². The molecule has 1 fully saturated rings. The van der Waals surface area contributed by atoms with Crippen molar-refractivity contribution in [3.05, 3.63) is 60.9 Å². The van der Waals surface area contributed by atoms with Gasteiger partial charge in [-0.05, 0) is 12.1 Å². The number of amides is 1. The SMILES string of the molecule is C=C1O[C@@H](n2cnc3c(NC(=O)c4ccccc4)ncnc32)[C@H](O)[C@@H]1F. The summed E-state index contributed by atoms with van der Waals surface area (Å²) in [6, 6.07) is 8.64. The summed E-state index contributed by atoms with van der Waals surface area (Å²) in [6.07, 6.45) is -1.59. The molecule has 26 heavy (non-hydrogen) atoms. The van der Waals surface area contributed by atoms with E-state index in [9.17, 15) is 14.3 Å². The zero-order valence-corrected chi connectivity index (χ0v) is 13.4. The molecule has 0 unspecified atom stereocenters. The molecule has 3 atom stereocenters. The third-order valence-electron chi connectivity index (χ3n) is 4.07. The molecule has 1 aliphatic heterocycles. The van der Waals surface area contributed by atoms with Crippen molar-refractivity contribution < 1.29 is 19.0 Å². The molecule has 0 saturated carbocycles. The first-order valence-corrected chi connectivity index (χ1v) is 7.78. The highest BCUT2D eigenvalue weighted by Gasteiger charge is 2.42. The Hall–Kier alpha value is -3.33. The minimum absolute atomic E-state index is 0.156. The summed E-state index contributed by atoms with van der Waals surface area (Å²) in [5.74, 6) is -0.309. The van der Waals surface area contributed by atoms with E-state index in [1.54, 1.807) is 30.3 Å². The van der Waals surface area contributed by atoms with Gasteiger partial charge in [-0.3, -0.25) is 9.36 Å². The monoisotopic (exact) mass is 355 g/mol. The predicted molar refractivity (Wildman–Crippen MR) is 89.9 cm³/mol. The molecule has 1 aromatic carbocycles. The minimum atomic E-state index is -1.70. The number of rotatable bonds is 3. The number of fused-ring (bicyclic) bond motifs is 1. The number of aromatic nitrogens is 4. The van der Waals surface area contributed by atoms with E-state index in [1.807, 2.05) is 0 Å². The van der Waals surface area contributed by atoms with Gasteiger partial charge in [-0.2, -0.15) is 0 Å². The van der Waals surface area contributed by atoms with Gasteiger partial charge in [-0.15, -0.1) is 0 Å². The number of hydrogen-bond donors (Lipinski definition) is 2. The van der Waals surface area contributed by atoms with Crippen LogP contribution in [0.25, 0.3) is 11.2 Å². The first-order valence-electron chi connectivity index (χ1n) is 7.78. The highest BCUT2D eigenvalue weighted by atomic mass is 19.1. The lowest BCUT2D eigenvalue weighted by atomic mass is 10.2. The summed E-state index contributed by atoms with van der Waals surface area (Å²) in [4.78, 5) is 24.7. The summed E-state index contributed by atoms with van der Waals surface area (Å²) in [5.41, 5.74) is 1.04. The van der Waals surface area contributed by atoms with Gasteiger partial charge >= 0.3 is 0 Å². The van der Waals surface area contributed by atoms with Crippen LogP contribution in [0.4, 0.5) is 10.2 Å². The van der Waals surface area contributed by atoms with Gasteiger partial charge in [0.05, 0.1) is 0 Å². The van der Waals surface area contributed by atoms with Gasteiger partial charge in [-0.25, -0.2) is 19.3 Å². The Bertz CT molecular complexity index is 990. The second-order valence-corrected chi connectivity index (χ2v) is 5.73. The van der Waals surface area contributed by atoms with Crippen LogP contribution in [0.1, 0.15) is 16.6 Å². The number of halogens is 1. The average molecular weight is 355 g/mol. The molecule has 8 nitrogen and oxygen atoms in total. The van der Waals surface area contributed by atoms with Crippen molar-refractivity contribution in [3.63, 3.8) is 0 Å². The maximum absolute atomic E-state index is 13.8. The third kappa shape index (κ3) is 2.58. The van der Waals surface area contributed by atoms with Crippen LogP contribution in [0.5, 0.6) is 0 Å². The average Bonchev–Trinajstić information content (AvgIpc) is 3.20. The summed E-state index contributed by atoms with van der Waals surface area (Å²) in [7, 11) is 0. The molecule has 0 bridgehead atoms. The molecule has 0 spiro atoms. The molecule has 1 aliphatic rings. The first kappa shape index (κ1) is 16.2. The van der Waals surface area contributed by atoms with Gasteiger partial charge in [0.15, 0.2) is 23.2 Å². The molecule has 0 aliphatic carbocycles. The fourth-order valence-corrected chi connectivity index (χ4v) is 2.75. The maximum atomic E-state index is 13.8. The highest BCUT2D eigenvalue weighted by Crippen LogP contribution is 2.35. The maximum Gasteiger partial charge on any atom is 0.256 e. The zero-order chi connectivity index (χ0) is 18.3. The lowest BCUT2D eigenvalue weighted by molar-refractivity contribution is 0.000417. The number of imidazole rings is 1. The number of anilines is 1. The van der Waals surface area contributed by atoms with Crippen LogP contribution in [0.2, 0.25) is 0 Å². The molecule has 132 valence electrons. The number of hydrogen-bond acceptors (Lipinski definition) is 6. The van der Waals surface area contributed by atoms with Crippen molar-refractivity contribution in [1.82, 2.24) is 19.5 Å². The molecule has 0 radical (unpaired) electrons. The Morgan fingerprint density at radius 1 is 1.27 bits per heavy atom. The lowest BCUT2D eigenvalue weighted by Crippen LogP contribution is -2.25. The van der Waals surface area contributed by atoms with Gasteiger partial charge in [0.25, 0.3) is 5.91 Å². The largest absolute Gasteiger partial charge is 0.469 e. The smallest absolute Gasteiger partial charge is 0.256 e. The van der Waals surface area contributed by atoms with Gasteiger partial charge in [0.2, 0.25) is 6.23 Å². The lowest BCUT2D eigenvalue weighted by Gasteiger charge is -2.15. The Morgan fingerprint density at radius 3 is 2.73 bits per heavy atom. The van der Waals surface area contributed by atoms with E-state index in [-0.39, 0.29) is 23.1 Å². The molecule has 2 aromatic heterocycles. The van der Waals surface area contributed by atoms with Crippen LogP contribution in [0.3, 0.4) is 0 Å². The number of carbonyl (C=O) groups is 1. The summed E-state index contributed by atoms with van der Waals surface area (Å²) in [5, 5.41) is 12.7. The van der Waals surface area contributed by atoms with Crippen molar-refractivity contribution in [2.24, 2.45) is 0 Å². The van der Waals surface area contributed by atoms with Crippen LogP contribution in [-0.2, 0) is 4.74 Å². The Morgan fingerprint density at radius 2 is 2.04 bits per heavy atom. The van der Waals surface area contributed by atoms with E-state index < -0.39 is 18.5 Å². The van der Waals surface area contributed by atoms with Crippen LogP contribution in [-0.4, -0.2) is 42.8 Å². The quantitative estimate of drug-likeness (QED) is 0.743. The molecule has 3 heterocycles. The van der Waals surface area contributed by atoms with E-state index in [1.165, 1.54) is 17.2 Å². The first-order chi connectivity index (χ1) is 12.6. The molecule has 1 amide bonds. The summed E-state index contributed by atoms with van der Waals surface area (Å²) < 4.78 is 20.5. The summed E-state index contributed by atoms with van der Waals surface area (Å²) >= 11 is 0. The molecule has 3 aromatic rings. The second-order valence-electron chi connectivity index (χ2n) is 5.73. The number of benzene rings is 1. The highest BCUT2D eigenvalue weighted by molar-refractivity contribution is 6.06. The van der Waals surface area contributed by atoms with Crippen molar-refractivity contribution in [1.29, 1.82) is 0 Å². The number of alkyl halides is 1. The van der Waals surface area contributed by atoms with Gasteiger partial charge in [0, 0.05) is 5.56 Å². The van der Waals surface area contributed by atoms with Crippen LogP contribution < -0.4 is 5.32 Å². The Balaban J connectivity index is 1.68. The van der Waals surface area contributed by atoms with Crippen LogP contribution >= 0.6 is 0 Å². The van der Waals surface area contributed by atoms with Crippen molar-refractivity contribution in [2.45, 2.75) is 18.5 Å². The van der Waals surface area contributed by atoms with Gasteiger partial charge in [0.1, 0.15) is 24.5 Å². The normalized spacial score (nSPS) is 22.4. The van der Waals surface area contributed by atoms with E-state index in [2.05, 4.69) is 26.8 Å². The zero-order valence-electron chi connectivity index (χ0n) is 13.4.